The Morgan fingerprint density at radius 1 is 1.24 bits per heavy atom. The second-order valence-corrected chi connectivity index (χ2v) is 8.01. The maximum absolute atomic E-state index is 12.1. The first-order chi connectivity index (χ1) is 13.6. The van der Waals surface area contributed by atoms with Gasteiger partial charge in [-0.1, -0.05) is 20.8 Å². The highest BCUT2D eigenvalue weighted by molar-refractivity contribution is 7.99. The molecule has 9 nitrogen and oxygen atoms in total. The number of thioether (sulfide) groups is 1. The van der Waals surface area contributed by atoms with E-state index >= 15 is 0 Å². The van der Waals surface area contributed by atoms with Crippen LogP contribution in [-0.2, 0) is 9.53 Å². The number of benzene rings is 1. The number of carbonyl (C=O) groups is 3. The third-order valence-corrected chi connectivity index (χ3v) is 5.02. The van der Waals surface area contributed by atoms with Crippen LogP contribution in [0.2, 0.25) is 0 Å². The van der Waals surface area contributed by atoms with Crippen LogP contribution in [0.5, 0.6) is 0 Å². The highest BCUT2D eigenvalue weighted by Crippen LogP contribution is 2.31. The molecule has 29 heavy (non-hydrogen) atoms. The normalized spacial score (nSPS) is 11.6. The molecule has 0 saturated carbocycles. The van der Waals surface area contributed by atoms with Gasteiger partial charge in [0.05, 0.1) is 15.4 Å². The summed E-state index contributed by atoms with van der Waals surface area (Å²) in [6.45, 7) is 7.12. The van der Waals surface area contributed by atoms with Crippen molar-refractivity contribution in [3.8, 4) is 0 Å². The standard InChI is InChI=1S/C19H27N3O6S/c1-5-13(4)20-19(25)21-17(23)11-28-18(24)14-6-7-16(15(10-14)22(26)27)29-9-8-12(2)3/h6-7,10,12-13H,5,8-9,11H2,1-4H3,(H2,20,21,23,25)/t13-/m0/s1. The first-order valence-electron chi connectivity index (χ1n) is 9.32. The molecule has 0 aliphatic carbocycles. The molecule has 0 saturated heterocycles. The molecule has 0 heterocycles. The van der Waals surface area contributed by atoms with Crippen LogP contribution in [0.25, 0.3) is 0 Å². The SMILES string of the molecule is CC[C@H](C)NC(=O)NC(=O)COC(=O)c1ccc(SCCC(C)C)c([N+](=O)[O-])c1. The molecule has 160 valence electrons. The first-order valence-corrected chi connectivity index (χ1v) is 10.3. The lowest BCUT2D eigenvalue weighted by Crippen LogP contribution is -2.44. The van der Waals surface area contributed by atoms with Crippen LogP contribution in [-0.4, -0.2) is 41.2 Å². The summed E-state index contributed by atoms with van der Waals surface area (Å²) in [5, 5.41) is 15.9. The number of nitrogens with zero attached hydrogens (tertiary/aromatic N) is 1. The fourth-order valence-electron chi connectivity index (χ4n) is 2.05. The van der Waals surface area contributed by atoms with Gasteiger partial charge < -0.3 is 10.1 Å². The van der Waals surface area contributed by atoms with E-state index in [2.05, 4.69) is 19.2 Å². The Kier molecular flexibility index (Phi) is 10.1. The molecule has 0 spiro atoms. The van der Waals surface area contributed by atoms with E-state index in [1.807, 2.05) is 12.2 Å². The molecule has 0 aliphatic heterocycles. The van der Waals surface area contributed by atoms with Crippen molar-refractivity contribution in [3.63, 3.8) is 0 Å². The van der Waals surface area contributed by atoms with E-state index in [0.29, 0.717) is 17.2 Å². The van der Waals surface area contributed by atoms with Crippen molar-refractivity contribution < 1.29 is 24.0 Å². The number of hydrogen-bond acceptors (Lipinski definition) is 7. The molecule has 0 unspecified atom stereocenters. The predicted molar refractivity (Wildman–Crippen MR) is 110 cm³/mol. The lowest BCUT2D eigenvalue weighted by molar-refractivity contribution is -0.387. The largest absolute Gasteiger partial charge is 0.452 e. The van der Waals surface area contributed by atoms with Crippen molar-refractivity contribution in [2.75, 3.05) is 12.4 Å². The minimum Gasteiger partial charge on any atom is -0.452 e. The lowest BCUT2D eigenvalue weighted by atomic mass is 10.2. The van der Waals surface area contributed by atoms with Gasteiger partial charge in [-0.15, -0.1) is 11.8 Å². The Balaban J connectivity index is 2.67. The number of nitrogens with one attached hydrogen (secondary N) is 2. The summed E-state index contributed by atoms with van der Waals surface area (Å²) in [4.78, 5) is 46.6. The van der Waals surface area contributed by atoms with E-state index < -0.39 is 29.4 Å². The molecule has 1 atom stereocenters. The maximum Gasteiger partial charge on any atom is 0.338 e. The highest BCUT2D eigenvalue weighted by Gasteiger charge is 2.20. The van der Waals surface area contributed by atoms with Crippen LogP contribution in [0.1, 0.15) is 50.9 Å². The Morgan fingerprint density at radius 3 is 2.52 bits per heavy atom. The first kappa shape index (κ1) is 24.4. The summed E-state index contributed by atoms with van der Waals surface area (Å²) < 4.78 is 4.85. The minimum atomic E-state index is -0.885. The van der Waals surface area contributed by atoms with E-state index in [4.69, 9.17) is 4.74 Å². The summed E-state index contributed by atoms with van der Waals surface area (Å²) in [6, 6.07) is 3.26. The van der Waals surface area contributed by atoms with Crippen molar-refractivity contribution in [1.82, 2.24) is 10.6 Å². The number of imide groups is 1. The van der Waals surface area contributed by atoms with Gasteiger partial charge in [0.2, 0.25) is 0 Å². The highest BCUT2D eigenvalue weighted by atomic mass is 32.2. The predicted octanol–water partition coefficient (Wildman–Crippen LogP) is 3.51. The second-order valence-electron chi connectivity index (χ2n) is 6.88. The topological polar surface area (TPSA) is 128 Å². The fraction of sp³-hybridized carbons (Fsp3) is 0.526. The quantitative estimate of drug-likeness (QED) is 0.254. The van der Waals surface area contributed by atoms with Crippen LogP contribution in [0, 0.1) is 16.0 Å². The number of amides is 3. The monoisotopic (exact) mass is 425 g/mol. The molecule has 0 radical (unpaired) electrons. The zero-order valence-corrected chi connectivity index (χ0v) is 17.8. The van der Waals surface area contributed by atoms with Gasteiger partial charge >= 0.3 is 12.0 Å². The number of carbonyl (C=O) groups excluding carboxylic acids is 3. The van der Waals surface area contributed by atoms with Crippen LogP contribution < -0.4 is 10.6 Å². The van der Waals surface area contributed by atoms with E-state index in [1.54, 1.807) is 6.92 Å². The van der Waals surface area contributed by atoms with Gasteiger partial charge in [0.25, 0.3) is 11.6 Å². The van der Waals surface area contributed by atoms with Crippen LogP contribution >= 0.6 is 11.8 Å². The number of urea groups is 1. The van der Waals surface area contributed by atoms with Gasteiger partial charge in [0.15, 0.2) is 6.61 Å². The zero-order chi connectivity index (χ0) is 22.0. The average Bonchev–Trinajstić information content (AvgIpc) is 2.65. The van der Waals surface area contributed by atoms with E-state index in [9.17, 15) is 24.5 Å². The molecule has 1 aromatic carbocycles. The maximum atomic E-state index is 12.1. The van der Waals surface area contributed by atoms with Crippen LogP contribution in [0.15, 0.2) is 23.1 Å². The average molecular weight is 426 g/mol. The molecule has 0 bridgehead atoms. The molecule has 2 N–H and O–H groups in total. The molecule has 0 aromatic heterocycles. The third-order valence-electron chi connectivity index (χ3n) is 3.92. The van der Waals surface area contributed by atoms with Crippen LogP contribution in [0.4, 0.5) is 10.5 Å². The minimum absolute atomic E-state index is 0.0400. The number of rotatable bonds is 10. The smallest absolute Gasteiger partial charge is 0.338 e. The fourth-order valence-corrected chi connectivity index (χ4v) is 3.31. The molecule has 3 amide bonds. The molecule has 10 heteroatoms. The number of nitro groups is 1. The van der Waals surface area contributed by atoms with Gasteiger partial charge in [-0.25, -0.2) is 9.59 Å². The summed E-state index contributed by atoms with van der Waals surface area (Å²) in [6.07, 6.45) is 1.60. The molecule has 0 aliphatic rings. The Bertz CT molecular complexity index is 753. The van der Waals surface area contributed by atoms with Gasteiger partial charge in [0, 0.05) is 12.1 Å². The number of ether oxygens (including phenoxy) is 1. The van der Waals surface area contributed by atoms with Crippen molar-refractivity contribution in [2.45, 2.75) is 51.5 Å². The lowest BCUT2D eigenvalue weighted by Gasteiger charge is -2.12. The Morgan fingerprint density at radius 2 is 1.93 bits per heavy atom. The number of esters is 1. The van der Waals surface area contributed by atoms with E-state index in [0.717, 1.165) is 18.2 Å². The van der Waals surface area contributed by atoms with Gasteiger partial charge in [-0.3, -0.25) is 20.2 Å². The molecular formula is C19H27N3O6S. The molecule has 1 aromatic rings. The third kappa shape index (κ3) is 8.95. The van der Waals surface area contributed by atoms with Crippen LogP contribution in [0.3, 0.4) is 0 Å². The van der Waals surface area contributed by atoms with E-state index in [1.165, 1.54) is 23.9 Å². The Hall–Kier alpha value is -2.62. The van der Waals surface area contributed by atoms with E-state index in [-0.39, 0.29) is 17.3 Å². The van der Waals surface area contributed by atoms with Crippen molar-refractivity contribution in [3.05, 3.63) is 33.9 Å². The molecule has 0 fully saturated rings. The summed E-state index contributed by atoms with van der Waals surface area (Å²) in [7, 11) is 0. The number of nitro benzene ring substituents is 1. The van der Waals surface area contributed by atoms with Gasteiger partial charge in [-0.2, -0.15) is 0 Å². The van der Waals surface area contributed by atoms with Gasteiger partial charge in [0.1, 0.15) is 0 Å². The second kappa shape index (κ2) is 12.1. The Labute approximate surface area is 174 Å². The van der Waals surface area contributed by atoms with Crippen molar-refractivity contribution in [1.29, 1.82) is 0 Å². The summed E-state index contributed by atoms with van der Waals surface area (Å²) in [5.41, 5.74) is -0.229. The number of hydrogen-bond donors (Lipinski definition) is 2. The van der Waals surface area contributed by atoms with Crippen molar-refractivity contribution in [2.24, 2.45) is 5.92 Å². The molecular weight excluding hydrogens is 398 g/mol. The summed E-state index contributed by atoms with van der Waals surface area (Å²) >= 11 is 1.35. The van der Waals surface area contributed by atoms with Gasteiger partial charge in [-0.05, 0) is 43.6 Å². The van der Waals surface area contributed by atoms with Crippen molar-refractivity contribution >= 4 is 35.4 Å². The summed E-state index contributed by atoms with van der Waals surface area (Å²) in [5.74, 6) is -0.477. The molecule has 1 rings (SSSR count). The zero-order valence-electron chi connectivity index (χ0n) is 17.0.